The summed E-state index contributed by atoms with van der Waals surface area (Å²) < 4.78 is 28.9. The third-order valence-corrected chi connectivity index (χ3v) is 6.70. The van der Waals surface area contributed by atoms with Crippen molar-refractivity contribution in [3.8, 4) is 0 Å². The molecule has 7 nitrogen and oxygen atoms in total. The summed E-state index contributed by atoms with van der Waals surface area (Å²) in [6, 6.07) is 7.92. The number of carbonyl (C=O) groups excluding carboxylic acids is 1. The second-order valence-electron chi connectivity index (χ2n) is 7.08. The highest BCUT2D eigenvalue weighted by Gasteiger charge is 2.28. The molecule has 1 unspecified atom stereocenters. The van der Waals surface area contributed by atoms with Gasteiger partial charge in [0.15, 0.2) is 0 Å². The molecule has 0 radical (unpaired) electrons. The van der Waals surface area contributed by atoms with E-state index < -0.39 is 10.0 Å². The number of carbonyl (C=O) groups is 1. The molecule has 8 heteroatoms. The van der Waals surface area contributed by atoms with Gasteiger partial charge >= 0.3 is 0 Å². The fourth-order valence-electron chi connectivity index (χ4n) is 3.37. The van der Waals surface area contributed by atoms with E-state index in [-0.39, 0.29) is 10.8 Å². The highest BCUT2D eigenvalue weighted by atomic mass is 32.2. The Bertz CT molecular complexity index is 919. The summed E-state index contributed by atoms with van der Waals surface area (Å²) >= 11 is 0. The number of aromatic nitrogens is 2. The third kappa shape index (κ3) is 4.22. The summed E-state index contributed by atoms with van der Waals surface area (Å²) in [5.74, 6) is 0.699. The van der Waals surface area contributed by atoms with Gasteiger partial charge in [0.1, 0.15) is 5.82 Å². The Morgan fingerprint density at radius 2 is 2.00 bits per heavy atom. The van der Waals surface area contributed by atoms with Crippen LogP contribution in [0.25, 0.3) is 0 Å². The Balaban J connectivity index is 1.75. The second-order valence-corrected chi connectivity index (χ2v) is 9.01. The number of anilines is 1. The molecule has 1 aliphatic heterocycles. The van der Waals surface area contributed by atoms with Gasteiger partial charge in [-0.15, -0.1) is 0 Å². The molecule has 1 amide bonds. The third-order valence-electron chi connectivity index (χ3n) is 4.82. The average Bonchev–Trinajstić information content (AvgIpc) is 3.01. The van der Waals surface area contributed by atoms with Gasteiger partial charge < -0.3 is 5.32 Å². The largest absolute Gasteiger partial charge is 0.307 e. The Morgan fingerprint density at radius 3 is 2.63 bits per heavy atom. The molecule has 27 heavy (non-hydrogen) atoms. The number of benzene rings is 1. The normalized spacial score (nSPS) is 18.4. The number of aryl methyl sites for hydroxylation is 2. The molecule has 146 valence electrons. The molecule has 3 rings (SSSR count). The lowest BCUT2D eigenvalue weighted by molar-refractivity contribution is 0.102. The first kappa shape index (κ1) is 19.6. The van der Waals surface area contributed by atoms with E-state index in [0.717, 1.165) is 18.5 Å². The van der Waals surface area contributed by atoms with E-state index in [9.17, 15) is 13.2 Å². The van der Waals surface area contributed by atoms with Crippen molar-refractivity contribution < 1.29 is 13.2 Å². The number of amides is 1. The molecule has 0 bridgehead atoms. The minimum atomic E-state index is -3.52. The Labute approximate surface area is 160 Å². The Kier molecular flexibility index (Phi) is 5.67. The summed E-state index contributed by atoms with van der Waals surface area (Å²) in [4.78, 5) is 12.7. The van der Waals surface area contributed by atoms with Crippen molar-refractivity contribution >= 4 is 21.7 Å². The molecule has 1 fully saturated rings. The number of piperidine rings is 1. The fourth-order valence-corrected chi connectivity index (χ4v) is 4.97. The first-order valence-corrected chi connectivity index (χ1v) is 10.7. The lowest BCUT2D eigenvalue weighted by atomic mass is 10.0. The van der Waals surface area contributed by atoms with Gasteiger partial charge in [0.05, 0.1) is 10.6 Å². The molecule has 1 aliphatic rings. The summed E-state index contributed by atoms with van der Waals surface area (Å²) in [5, 5.41) is 7.12. The van der Waals surface area contributed by atoms with Crippen LogP contribution in [0, 0.1) is 12.8 Å². The van der Waals surface area contributed by atoms with Gasteiger partial charge in [-0.05, 0) is 56.9 Å². The minimum absolute atomic E-state index is 0.225. The van der Waals surface area contributed by atoms with E-state index in [0.29, 0.717) is 36.9 Å². The van der Waals surface area contributed by atoms with Crippen molar-refractivity contribution in [1.29, 1.82) is 0 Å². The first-order chi connectivity index (χ1) is 12.8. The van der Waals surface area contributed by atoms with Crippen LogP contribution in [0.4, 0.5) is 5.82 Å². The zero-order valence-electron chi connectivity index (χ0n) is 16.0. The predicted molar refractivity (Wildman–Crippen MR) is 104 cm³/mol. The van der Waals surface area contributed by atoms with E-state index in [4.69, 9.17) is 0 Å². The number of rotatable bonds is 5. The molecule has 1 N–H and O–H groups in total. The number of hydrogen-bond donors (Lipinski definition) is 1. The van der Waals surface area contributed by atoms with E-state index in [2.05, 4.69) is 17.3 Å². The van der Waals surface area contributed by atoms with Crippen molar-refractivity contribution in [3.05, 3.63) is 41.6 Å². The Hall–Kier alpha value is -2.19. The minimum Gasteiger partial charge on any atom is -0.307 e. The molecule has 1 saturated heterocycles. The van der Waals surface area contributed by atoms with Gasteiger partial charge in [-0.1, -0.05) is 6.92 Å². The zero-order valence-corrected chi connectivity index (χ0v) is 16.8. The van der Waals surface area contributed by atoms with Crippen LogP contribution in [0.2, 0.25) is 0 Å². The Morgan fingerprint density at radius 1 is 1.30 bits per heavy atom. The molecule has 0 saturated carbocycles. The molecule has 1 aromatic heterocycles. The summed E-state index contributed by atoms with van der Waals surface area (Å²) in [6.07, 6.45) is 1.93. The highest BCUT2D eigenvalue weighted by Crippen LogP contribution is 2.24. The first-order valence-electron chi connectivity index (χ1n) is 9.27. The molecule has 2 aromatic rings. The highest BCUT2D eigenvalue weighted by molar-refractivity contribution is 7.89. The number of hydrogen-bond acceptors (Lipinski definition) is 4. The van der Waals surface area contributed by atoms with Crippen LogP contribution in [-0.2, 0) is 16.6 Å². The van der Waals surface area contributed by atoms with Crippen molar-refractivity contribution in [3.63, 3.8) is 0 Å². The maximum atomic E-state index is 12.8. The van der Waals surface area contributed by atoms with Gasteiger partial charge in [-0.25, -0.2) is 13.1 Å². The number of nitrogens with zero attached hydrogens (tertiary/aromatic N) is 3. The topological polar surface area (TPSA) is 84.3 Å². The van der Waals surface area contributed by atoms with Crippen LogP contribution in [0.15, 0.2) is 35.2 Å². The second kappa shape index (κ2) is 7.82. The zero-order chi connectivity index (χ0) is 19.6. The van der Waals surface area contributed by atoms with E-state index in [1.807, 2.05) is 13.8 Å². The molecular formula is C19H26N4O3S. The van der Waals surface area contributed by atoms with E-state index >= 15 is 0 Å². The van der Waals surface area contributed by atoms with Gasteiger partial charge in [0.25, 0.3) is 5.91 Å². The lowest BCUT2D eigenvalue weighted by Crippen LogP contribution is -2.39. The fraction of sp³-hybridized carbons (Fsp3) is 0.474. The van der Waals surface area contributed by atoms with Crippen molar-refractivity contribution in [1.82, 2.24) is 14.1 Å². The quantitative estimate of drug-likeness (QED) is 0.851. The average molecular weight is 391 g/mol. The van der Waals surface area contributed by atoms with Crippen LogP contribution in [0.3, 0.4) is 0 Å². The summed E-state index contributed by atoms with van der Waals surface area (Å²) in [6.45, 7) is 7.62. The van der Waals surface area contributed by atoms with Crippen LogP contribution < -0.4 is 5.32 Å². The smallest absolute Gasteiger partial charge is 0.256 e. The van der Waals surface area contributed by atoms with Crippen molar-refractivity contribution in [2.75, 3.05) is 18.4 Å². The maximum Gasteiger partial charge on any atom is 0.256 e. The van der Waals surface area contributed by atoms with Crippen molar-refractivity contribution in [2.24, 2.45) is 5.92 Å². The predicted octanol–water partition coefficient (Wildman–Crippen LogP) is 2.88. The standard InChI is InChI=1S/C19H26N4O3S/c1-4-23-18(12-15(3)21-23)20-19(24)16-7-9-17(10-8-16)27(25,26)22-11-5-6-14(2)13-22/h7-10,12,14H,4-6,11,13H2,1-3H3,(H,20,24). The van der Waals surface area contributed by atoms with Crippen LogP contribution in [-0.4, -0.2) is 41.5 Å². The van der Waals surface area contributed by atoms with Crippen molar-refractivity contribution in [2.45, 2.75) is 45.1 Å². The van der Waals surface area contributed by atoms with Gasteiger partial charge in [0.2, 0.25) is 10.0 Å². The summed E-state index contributed by atoms with van der Waals surface area (Å²) in [5.41, 5.74) is 1.23. The monoisotopic (exact) mass is 390 g/mol. The molecule has 1 atom stereocenters. The summed E-state index contributed by atoms with van der Waals surface area (Å²) in [7, 11) is -3.52. The maximum absolute atomic E-state index is 12.8. The number of nitrogens with one attached hydrogen (secondary N) is 1. The van der Waals surface area contributed by atoms with Crippen LogP contribution >= 0.6 is 0 Å². The SMILES string of the molecule is CCn1nc(C)cc1NC(=O)c1ccc(S(=O)(=O)N2CCCC(C)C2)cc1. The lowest BCUT2D eigenvalue weighted by Gasteiger charge is -2.30. The molecular weight excluding hydrogens is 364 g/mol. The molecule has 2 heterocycles. The molecule has 1 aromatic carbocycles. The van der Waals surface area contributed by atoms with Gasteiger partial charge in [-0.2, -0.15) is 9.40 Å². The van der Waals surface area contributed by atoms with E-state index in [1.54, 1.807) is 27.2 Å². The van der Waals surface area contributed by atoms with E-state index in [1.165, 1.54) is 12.1 Å². The molecule has 0 aliphatic carbocycles. The van der Waals surface area contributed by atoms with Gasteiger partial charge in [-0.3, -0.25) is 4.79 Å². The van der Waals surface area contributed by atoms with Gasteiger partial charge in [0, 0.05) is 31.3 Å². The van der Waals surface area contributed by atoms with Crippen LogP contribution in [0.5, 0.6) is 0 Å². The molecule has 0 spiro atoms. The van der Waals surface area contributed by atoms with Crippen LogP contribution in [0.1, 0.15) is 42.7 Å². The number of sulfonamides is 1.